The van der Waals surface area contributed by atoms with Crippen LogP contribution in [0.2, 0.25) is 0 Å². The molecule has 1 aromatic rings. The molecule has 1 heterocycles. The molecule has 1 unspecified atom stereocenters. The van der Waals surface area contributed by atoms with Crippen LogP contribution in [-0.2, 0) is 9.59 Å². The fourth-order valence-electron chi connectivity index (χ4n) is 2.05. The monoisotopic (exact) mass is 234 g/mol. The minimum Gasteiger partial charge on any atom is -0.497 e. The SMILES string of the molecule is COc1ccc([C@@H]2CNC(=O)C2NC=O)cc1. The summed E-state index contributed by atoms with van der Waals surface area (Å²) in [6.45, 7) is 0.538. The summed E-state index contributed by atoms with van der Waals surface area (Å²) in [6.07, 6.45) is 0.562. The molecule has 1 aliphatic rings. The Bertz CT molecular complexity index is 416. The Morgan fingerprint density at radius 2 is 2.12 bits per heavy atom. The third-order valence-electron chi connectivity index (χ3n) is 2.97. The maximum Gasteiger partial charge on any atom is 0.243 e. The van der Waals surface area contributed by atoms with Crippen molar-refractivity contribution in [3.8, 4) is 5.75 Å². The van der Waals surface area contributed by atoms with Crippen molar-refractivity contribution in [1.29, 1.82) is 0 Å². The van der Waals surface area contributed by atoms with E-state index in [9.17, 15) is 9.59 Å². The van der Waals surface area contributed by atoms with E-state index in [1.54, 1.807) is 7.11 Å². The molecule has 5 heteroatoms. The summed E-state index contributed by atoms with van der Waals surface area (Å²) >= 11 is 0. The molecule has 0 saturated carbocycles. The van der Waals surface area contributed by atoms with E-state index in [1.165, 1.54) is 0 Å². The predicted octanol–water partition coefficient (Wildman–Crippen LogP) is 0.0232. The lowest BCUT2D eigenvalue weighted by Crippen LogP contribution is -2.38. The van der Waals surface area contributed by atoms with Gasteiger partial charge in [0.15, 0.2) is 0 Å². The van der Waals surface area contributed by atoms with Crippen LogP contribution in [-0.4, -0.2) is 32.0 Å². The third kappa shape index (κ3) is 2.22. The quantitative estimate of drug-likeness (QED) is 0.722. The maximum absolute atomic E-state index is 11.5. The van der Waals surface area contributed by atoms with Gasteiger partial charge in [0.25, 0.3) is 0 Å². The number of carbonyl (C=O) groups is 2. The second kappa shape index (κ2) is 4.86. The fraction of sp³-hybridized carbons (Fsp3) is 0.333. The molecule has 1 fully saturated rings. The molecule has 0 aliphatic carbocycles. The summed E-state index contributed by atoms with van der Waals surface area (Å²) < 4.78 is 5.07. The summed E-state index contributed by atoms with van der Waals surface area (Å²) in [7, 11) is 1.60. The van der Waals surface area contributed by atoms with E-state index in [0.29, 0.717) is 13.0 Å². The van der Waals surface area contributed by atoms with E-state index in [1.807, 2.05) is 24.3 Å². The van der Waals surface area contributed by atoms with Crippen LogP contribution < -0.4 is 15.4 Å². The third-order valence-corrected chi connectivity index (χ3v) is 2.97. The van der Waals surface area contributed by atoms with Crippen LogP contribution in [0.5, 0.6) is 5.75 Å². The highest BCUT2D eigenvalue weighted by molar-refractivity contribution is 5.87. The second-order valence-corrected chi connectivity index (χ2v) is 3.89. The zero-order valence-corrected chi connectivity index (χ0v) is 9.47. The van der Waals surface area contributed by atoms with Gasteiger partial charge in [0.1, 0.15) is 11.8 Å². The summed E-state index contributed by atoms with van der Waals surface area (Å²) in [5.41, 5.74) is 1.00. The van der Waals surface area contributed by atoms with Gasteiger partial charge in [0.2, 0.25) is 12.3 Å². The highest BCUT2D eigenvalue weighted by Crippen LogP contribution is 2.25. The van der Waals surface area contributed by atoms with Crippen LogP contribution in [0.3, 0.4) is 0 Å². The molecule has 0 spiro atoms. The Morgan fingerprint density at radius 1 is 1.41 bits per heavy atom. The lowest BCUT2D eigenvalue weighted by Gasteiger charge is -2.16. The first-order chi connectivity index (χ1) is 8.26. The van der Waals surface area contributed by atoms with Crippen molar-refractivity contribution in [3.63, 3.8) is 0 Å². The first kappa shape index (κ1) is 11.4. The normalized spacial score (nSPS) is 23.0. The van der Waals surface area contributed by atoms with E-state index < -0.39 is 6.04 Å². The van der Waals surface area contributed by atoms with Gasteiger partial charge < -0.3 is 15.4 Å². The lowest BCUT2D eigenvalue weighted by atomic mass is 9.94. The van der Waals surface area contributed by atoms with Crippen LogP contribution in [0.15, 0.2) is 24.3 Å². The summed E-state index contributed by atoms with van der Waals surface area (Å²) in [4.78, 5) is 22.0. The van der Waals surface area contributed by atoms with Crippen molar-refractivity contribution in [3.05, 3.63) is 29.8 Å². The van der Waals surface area contributed by atoms with Gasteiger partial charge in [0.05, 0.1) is 7.11 Å². The van der Waals surface area contributed by atoms with Crippen LogP contribution in [0, 0.1) is 0 Å². The number of carbonyl (C=O) groups excluding carboxylic acids is 2. The zero-order chi connectivity index (χ0) is 12.3. The number of hydrogen-bond donors (Lipinski definition) is 2. The van der Waals surface area contributed by atoms with Gasteiger partial charge in [-0.2, -0.15) is 0 Å². The van der Waals surface area contributed by atoms with Crippen LogP contribution >= 0.6 is 0 Å². The van der Waals surface area contributed by atoms with Crippen LogP contribution in [0.1, 0.15) is 11.5 Å². The number of amides is 2. The molecular weight excluding hydrogens is 220 g/mol. The molecule has 0 aromatic heterocycles. The molecule has 2 N–H and O–H groups in total. The molecule has 2 atom stereocenters. The van der Waals surface area contributed by atoms with Gasteiger partial charge in [-0.3, -0.25) is 9.59 Å². The minimum absolute atomic E-state index is 0.0291. The van der Waals surface area contributed by atoms with Gasteiger partial charge in [-0.1, -0.05) is 12.1 Å². The average molecular weight is 234 g/mol. The van der Waals surface area contributed by atoms with E-state index in [0.717, 1.165) is 11.3 Å². The summed E-state index contributed by atoms with van der Waals surface area (Å²) in [6, 6.07) is 7.01. The number of nitrogens with one attached hydrogen (secondary N) is 2. The number of rotatable bonds is 4. The largest absolute Gasteiger partial charge is 0.497 e. The Morgan fingerprint density at radius 3 is 2.71 bits per heavy atom. The van der Waals surface area contributed by atoms with Crippen molar-refractivity contribution in [2.45, 2.75) is 12.0 Å². The predicted molar refractivity (Wildman–Crippen MR) is 61.7 cm³/mol. The van der Waals surface area contributed by atoms with Gasteiger partial charge in [-0.05, 0) is 17.7 Å². The molecule has 5 nitrogen and oxygen atoms in total. The van der Waals surface area contributed by atoms with Crippen molar-refractivity contribution in [2.24, 2.45) is 0 Å². The van der Waals surface area contributed by atoms with Crippen LogP contribution in [0.25, 0.3) is 0 Å². The summed E-state index contributed by atoms with van der Waals surface area (Å²) in [5, 5.41) is 5.29. The minimum atomic E-state index is -0.485. The topological polar surface area (TPSA) is 67.4 Å². The standard InChI is InChI=1S/C12H14N2O3/c1-17-9-4-2-8(3-5-9)10-6-13-12(16)11(10)14-7-15/h2-5,7,10-11H,6H2,1H3,(H,13,16)(H,14,15)/t10-,11?/m0/s1. The number of hydrogen-bond acceptors (Lipinski definition) is 3. The van der Waals surface area contributed by atoms with Gasteiger partial charge in [-0.25, -0.2) is 0 Å². The molecular formula is C12H14N2O3. The molecule has 1 saturated heterocycles. The van der Waals surface area contributed by atoms with Gasteiger partial charge in [-0.15, -0.1) is 0 Å². The molecule has 2 amide bonds. The number of benzene rings is 1. The average Bonchev–Trinajstić information content (AvgIpc) is 2.72. The summed E-state index contributed by atoms with van der Waals surface area (Å²) in [5.74, 6) is 0.599. The van der Waals surface area contributed by atoms with E-state index in [2.05, 4.69) is 10.6 Å². The Hall–Kier alpha value is -2.04. The molecule has 90 valence electrons. The first-order valence-corrected chi connectivity index (χ1v) is 5.37. The van der Waals surface area contributed by atoms with Gasteiger partial charge >= 0.3 is 0 Å². The van der Waals surface area contributed by atoms with Crippen molar-refractivity contribution in [1.82, 2.24) is 10.6 Å². The fourth-order valence-corrected chi connectivity index (χ4v) is 2.05. The molecule has 17 heavy (non-hydrogen) atoms. The lowest BCUT2D eigenvalue weighted by molar-refractivity contribution is -0.123. The number of ether oxygens (including phenoxy) is 1. The molecule has 1 aliphatic heterocycles. The highest BCUT2D eigenvalue weighted by Gasteiger charge is 2.35. The van der Waals surface area contributed by atoms with E-state index in [-0.39, 0.29) is 11.8 Å². The Balaban J connectivity index is 2.19. The van der Waals surface area contributed by atoms with Gasteiger partial charge in [0, 0.05) is 12.5 Å². The molecule has 2 rings (SSSR count). The Labute approximate surface area is 99.2 Å². The molecule has 1 aromatic carbocycles. The first-order valence-electron chi connectivity index (χ1n) is 5.37. The molecule has 0 radical (unpaired) electrons. The Kier molecular flexibility index (Phi) is 3.27. The van der Waals surface area contributed by atoms with Crippen molar-refractivity contribution >= 4 is 12.3 Å². The van der Waals surface area contributed by atoms with E-state index in [4.69, 9.17) is 4.74 Å². The second-order valence-electron chi connectivity index (χ2n) is 3.89. The smallest absolute Gasteiger partial charge is 0.243 e. The van der Waals surface area contributed by atoms with E-state index >= 15 is 0 Å². The zero-order valence-electron chi connectivity index (χ0n) is 9.47. The number of methoxy groups -OCH3 is 1. The highest BCUT2D eigenvalue weighted by atomic mass is 16.5. The van der Waals surface area contributed by atoms with Crippen molar-refractivity contribution < 1.29 is 14.3 Å². The maximum atomic E-state index is 11.5. The molecule has 0 bridgehead atoms. The van der Waals surface area contributed by atoms with Crippen LogP contribution in [0.4, 0.5) is 0 Å². The van der Waals surface area contributed by atoms with Crippen molar-refractivity contribution in [2.75, 3.05) is 13.7 Å².